The summed E-state index contributed by atoms with van der Waals surface area (Å²) in [6.45, 7) is 6.45. The predicted octanol–water partition coefficient (Wildman–Crippen LogP) is 11.5. The molecule has 0 saturated heterocycles. The normalized spacial score (nSPS) is 11.7. The molecule has 6 aromatic carbocycles. The van der Waals surface area contributed by atoms with Gasteiger partial charge in [-0.1, -0.05) is 72.8 Å². The second-order valence-corrected chi connectivity index (χ2v) is 12.7. The SMILES string of the molecule is Cc1cccc(-n2c3ccccc3c3cc(-c4ccc5c(c4)c4ccccc4n5-c4ccc(C)c(-c5ncccc5C)c4)ccc32)c1. The highest BCUT2D eigenvalue weighted by Crippen LogP contribution is 2.39. The highest BCUT2D eigenvalue weighted by Gasteiger charge is 2.17. The third-order valence-corrected chi connectivity index (χ3v) is 9.68. The molecule has 0 amide bonds. The average Bonchev–Trinajstić information content (AvgIpc) is 3.61. The van der Waals surface area contributed by atoms with E-state index in [4.69, 9.17) is 4.98 Å². The molecule has 3 nitrogen and oxygen atoms in total. The zero-order valence-electron chi connectivity index (χ0n) is 26.7. The minimum atomic E-state index is 1.04. The number of pyridine rings is 1. The van der Waals surface area contributed by atoms with Crippen LogP contribution in [0.4, 0.5) is 0 Å². The summed E-state index contributed by atoms with van der Waals surface area (Å²) in [4.78, 5) is 4.75. The van der Waals surface area contributed by atoms with Crippen molar-refractivity contribution in [1.29, 1.82) is 0 Å². The molecule has 0 N–H and O–H groups in total. The first-order valence-corrected chi connectivity index (χ1v) is 16.2. The predicted molar refractivity (Wildman–Crippen MR) is 198 cm³/mol. The van der Waals surface area contributed by atoms with Crippen LogP contribution in [0.25, 0.3) is 77.4 Å². The molecular weight excluding hydrogens is 571 g/mol. The second kappa shape index (κ2) is 10.6. The van der Waals surface area contributed by atoms with Crippen LogP contribution in [-0.4, -0.2) is 14.1 Å². The molecule has 224 valence electrons. The molecule has 0 radical (unpaired) electrons. The van der Waals surface area contributed by atoms with Gasteiger partial charge < -0.3 is 9.13 Å². The van der Waals surface area contributed by atoms with Crippen LogP contribution < -0.4 is 0 Å². The highest BCUT2D eigenvalue weighted by atomic mass is 15.0. The molecule has 3 heteroatoms. The Morgan fingerprint density at radius 3 is 1.64 bits per heavy atom. The van der Waals surface area contributed by atoms with Crippen LogP contribution in [-0.2, 0) is 0 Å². The van der Waals surface area contributed by atoms with Gasteiger partial charge in [0.1, 0.15) is 0 Å². The quantitative estimate of drug-likeness (QED) is 0.196. The van der Waals surface area contributed by atoms with Crippen LogP contribution in [0.3, 0.4) is 0 Å². The molecule has 9 rings (SSSR count). The molecular formula is C44H33N3. The number of fused-ring (bicyclic) bond motifs is 6. The third-order valence-electron chi connectivity index (χ3n) is 9.68. The molecule has 9 aromatic rings. The van der Waals surface area contributed by atoms with Crippen LogP contribution in [0.5, 0.6) is 0 Å². The second-order valence-electron chi connectivity index (χ2n) is 12.7. The van der Waals surface area contributed by atoms with E-state index in [1.165, 1.54) is 82.7 Å². The fraction of sp³-hybridized carbons (Fsp3) is 0.0682. The van der Waals surface area contributed by atoms with Gasteiger partial charge >= 0.3 is 0 Å². The molecule has 47 heavy (non-hydrogen) atoms. The van der Waals surface area contributed by atoms with Gasteiger partial charge in [0.2, 0.25) is 0 Å². The topological polar surface area (TPSA) is 22.8 Å². The van der Waals surface area contributed by atoms with E-state index in [2.05, 4.69) is 163 Å². The average molecular weight is 604 g/mol. The summed E-state index contributed by atoms with van der Waals surface area (Å²) >= 11 is 0. The number of nitrogens with zero attached hydrogens (tertiary/aromatic N) is 3. The molecule has 3 heterocycles. The van der Waals surface area contributed by atoms with E-state index in [9.17, 15) is 0 Å². The first-order valence-electron chi connectivity index (χ1n) is 16.2. The molecule has 3 aromatic heterocycles. The van der Waals surface area contributed by atoms with Crippen molar-refractivity contribution in [1.82, 2.24) is 14.1 Å². The number of aryl methyl sites for hydroxylation is 3. The van der Waals surface area contributed by atoms with Gasteiger partial charge in [0.25, 0.3) is 0 Å². The number of hydrogen-bond acceptors (Lipinski definition) is 1. The molecule has 0 aliphatic heterocycles. The Morgan fingerprint density at radius 1 is 0.426 bits per heavy atom. The van der Waals surface area contributed by atoms with E-state index in [-0.39, 0.29) is 0 Å². The van der Waals surface area contributed by atoms with E-state index in [1.807, 2.05) is 12.3 Å². The Kier molecular flexibility index (Phi) is 6.16. The third kappa shape index (κ3) is 4.31. The van der Waals surface area contributed by atoms with Crippen molar-refractivity contribution in [3.63, 3.8) is 0 Å². The fourth-order valence-corrected chi connectivity index (χ4v) is 7.40. The summed E-state index contributed by atoms with van der Waals surface area (Å²) in [6, 6.07) is 51.0. The lowest BCUT2D eigenvalue weighted by molar-refractivity contribution is 1.17. The number of para-hydroxylation sites is 2. The molecule has 0 spiro atoms. The van der Waals surface area contributed by atoms with Gasteiger partial charge in [-0.25, -0.2) is 0 Å². The number of aromatic nitrogens is 3. The molecule has 0 aliphatic carbocycles. The molecule has 0 saturated carbocycles. The Labute approximate surface area is 274 Å². The smallest absolute Gasteiger partial charge is 0.0734 e. The number of hydrogen-bond donors (Lipinski definition) is 0. The maximum Gasteiger partial charge on any atom is 0.0734 e. The summed E-state index contributed by atoms with van der Waals surface area (Å²) in [5.41, 5.74) is 15.4. The van der Waals surface area contributed by atoms with Crippen molar-refractivity contribution in [2.45, 2.75) is 20.8 Å². The van der Waals surface area contributed by atoms with E-state index in [0.717, 1.165) is 11.4 Å². The van der Waals surface area contributed by atoms with Gasteiger partial charge in [-0.2, -0.15) is 0 Å². The van der Waals surface area contributed by atoms with Crippen molar-refractivity contribution >= 4 is 43.6 Å². The first-order chi connectivity index (χ1) is 23.0. The van der Waals surface area contributed by atoms with Crippen molar-refractivity contribution in [3.8, 4) is 33.8 Å². The summed E-state index contributed by atoms with van der Waals surface area (Å²) in [5, 5.41) is 5.02. The van der Waals surface area contributed by atoms with Crippen molar-refractivity contribution in [2.24, 2.45) is 0 Å². The largest absolute Gasteiger partial charge is 0.309 e. The van der Waals surface area contributed by atoms with Crippen molar-refractivity contribution in [2.75, 3.05) is 0 Å². The van der Waals surface area contributed by atoms with Crippen LogP contribution in [0.1, 0.15) is 16.7 Å². The van der Waals surface area contributed by atoms with Gasteiger partial charge in [-0.15, -0.1) is 0 Å². The minimum absolute atomic E-state index is 1.04. The van der Waals surface area contributed by atoms with Crippen molar-refractivity contribution < 1.29 is 0 Å². The van der Waals surface area contributed by atoms with Gasteiger partial charge in [0.05, 0.1) is 27.8 Å². The fourth-order valence-electron chi connectivity index (χ4n) is 7.40. The Hall–Kier alpha value is -5.93. The van der Waals surface area contributed by atoms with Gasteiger partial charge in [0, 0.05) is 44.7 Å². The number of benzene rings is 6. The maximum atomic E-state index is 4.75. The lowest BCUT2D eigenvalue weighted by Gasteiger charge is -2.13. The van der Waals surface area contributed by atoms with Gasteiger partial charge in [0.15, 0.2) is 0 Å². The van der Waals surface area contributed by atoms with Crippen LogP contribution in [0.2, 0.25) is 0 Å². The Balaban J connectivity index is 1.23. The van der Waals surface area contributed by atoms with E-state index in [0.29, 0.717) is 0 Å². The van der Waals surface area contributed by atoms with Crippen LogP contribution in [0, 0.1) is 20.8 Å². The first kappa shape index (κ1) is 27.4. The van der Waals surface area contributed by atoms with Crippen LogP contribution >= 0.6 is 0 Å². The monoisotopic (exact) mass is 603 g/mol. The zero-order valence-corrected chi connectivity index (χ0v) is 26.7. The standard InChI is InChI=1S/C44H33N3/c1-28-10-8-12-33(24-28)46-40-15-6-4-13-35(40)38-25-31(18-21-42(38)46)32-19-22-43-39(26-32)36-14-5-7-16-41(36)47(43)34-20-17-29(2)37(27-34)44-30(3)11-9-23-45-44/h4-27H,1-3H3. The molecule has 0 aliphatic rings. The summed E-state index contributed by atoms with van der Waals surface area (Å²) in [7, 11) is 0. The molecule has 0 unspecified atom stereocenters. The Bertz CT molecular complexity index is 2670. The van der Waals surface area contributed by atoms with E-state index >= 15 is 0 Å². The van der Waals surface area contributed by atoms with E-state index in [1.54, 1.807) is 0 Å². The Morgan fingerprint density at radius 2 is 1.02 bits per heavy atom. The van der Waals surface area contributed by atoms with Gasteiger partial charge in [-0.3, -0.25) is 4.98 Å². The zero-order chi connectivity index (χ0) is 31.6. The van der Waals surface area contributed by atoms with Gasteiger partial charge in [-0.05, 0) is 115 Å². The van der Waals surface area contributed by atoms with Crippen LogP contribution in [0.15, 0.2) is 146 Å². The summed E-state index contributed by atoms with van der Waals surface area (Å²) in [5.74, 6) is 0. The van der Waals surface area contributed by atoms with Crippen molar-refractivity contribution in [3.05, 3.63) is 162 Å². The maximum absolute atomic E-state index is 4.75. The minimum Gasteiger partial charge on any atom is -0.309 e. The lowest BCUT2D eigenvalue weighted by Crippen LogP contribution is -1.97. The lowest BCUT2D eigenvalue weighted by atomic mass is 10.0. The summed E-state index contributed by atoms with van der Waals surface area (Å²) in [6.07, 6.45) is 1.88. The molecule has 0 bridgehead atoms. The molecule has 0 atom stereocenters. The number of rotatable bonds is 4. The summed E-state index contributed by atoms with van der Waals surface area (Å²) < 4.78 is 4.79. The van der Waals surface area contributed by atoms with E-state index < -0.39 is 0 Å². The highest BCUT2D eigenvalue weighted by molar-refractivity contribution is 6.12. The molecule has 0 fully saturated rings.